The maximum atomic E-state index is 12.6. The molecule has 1 unspecified atom stereocenters. The summed E-state index contributed by atoms with van der Waals surface area (Å²) in [5.41, 5.74) is 4.85. The highest BCUT2D eigenvalue weighted by Crippen LogP contribution is 2.46. The van der Waals surface area contributed by atoms with Gasteiger partial charge in [0.15, 0.2) is 0 Å². The summed E-state index contributed by atoms with van der Waals surface area (Å²) in [4.78, 5) is 21.8. The van der Waals surface area contributed by atoms with Gasteiger partial charge in [-0.3, -0.25) is 4.79 Å². The molecule has 186 valence electrons. The molecule has 1 aromatic carbocycles. The van der Waals surface area contributed by atoms with E-state index in [1.807, 2.05) is 24.0 Å². The quantitative estimate of drug-likeness (QED) is 0.523. The molecule has 7 nitrogen and oxygen atoms in total. The number of carbonyl (C=O) groups is 1. The minimum atomic E-state index is 0.0430. The Labute approximate surface area is 208 Å². The molecule has 1 saturated carbocycles. The third-order valence-electron chi connectivity index (χ3n) is 6.92. The van der Waals surface area contributed by atoms with Crippen LogP contribution in [0.5, 0.6) is 5.75 Å². The number of amides is 1. The first-order valence-electron chi connectivity index (χ1n) is 12.7. The van der Waals surface area contributed by atoms with E-state index in [1.165, 1.54) is 0 Å². The first kappa shape index (κ1) is 25.0. The average Bonchev–Trinajstić information content (AvgIpc) is 3.71. The van der Waals surface area contributed by atoms with Crippen LogP contribution in [0.1, 0.15) is 62.3 Å². The van der Waals surface area contributed by atoms with Gasteiger partial charge >= 0.3 is 0 Å². The zero-order valence-electron chi connectivity index (χ0n) is 21.3. The Kier molecular flexibility index (Phi) is 7.92. The lowest BCUT2D eigenvalue weighted by molar-refractivity contribution is -0.134. The Bertz CT molecular complexity index is 1090. The Hall–Kier alpha value is -3.11. The molecule has 0 bridgehead atoms. The first-order chi connectivity index (χ1) is 17.0. The van der Waals surface area contributed by atoms with Gasteiger partial charge in [-0.15, -0.1) is 0 Å². The van der Waals surface area contributed by atoms with Gasteiger partial charge in [-0.25, -0.2) is 4.98 Å². The molecule has 1 amide bonds. The summed E-state index contributed by atoms with van der Waals surface area (Å²) in [6.07, 6.45) is 3.61. The van der Waals surface area contributed by atoms with Crippen LogP contribution < -0.4 is 9.64 Å². The number of anilines is 1. The highest BCUT2D eigenvalue weighted by molar-refractivity contribution is 5.79. The van der Waals surface area contributed by atoms with Crippen LogP contribution in [0.25, 0.3) is 11.1 Å². The summed E-state index contributed by atoms with van der Waals surface area (Å²) in [6, 6.07) is 10.7. The van der Waals surface area contributed by atoms with Gasteiger partial charge in [0, 0.05) is 44.3 Å². The summed E-state index contributed by atoms with van der Waals surface area (Å²) in [5.74, 6) is 2.16. The van der Waals surface area contributed by atoms with Gasteiger partial charge in [0.25, 0.3) is 0 Å². The lowest BCUT2D eigenvalue weighted by Gasteiger charge is -2.41. The van der Waals surface area contributed by atoms with Crippen LogP contribution in [0.3, 0.4) is 0 Å². The molecule has 1 aliphatic carbocycles. The van der Waals surface area contributed by atoms with Crippen LogP contribution in [0, 0.1) is 18.3 Å². The molecular weight excluding hydrogens is 440 g/mol. The van der Waals surface area contributed by atoms with Crippen LogP contribution in [0.15, 0.2) is 24.3 Å². The highest BCUT2D eigenvalue weighted by atomic mass is 16.5. The monoisotopic (exact) mass is 476 g/mol. The summed E-state index contributed by atoms with van der Waals surface area (Å²) >= 11 is 0. The van der Waals surface area contributed by atoms with Crippen LogP contribution in [-0.2, 0) is 9.53 Å². The van der Waals surface area contributed by atoms with Gasteiger partial charge in [0.1, 0.15) is 17.6 Å². The number of nitriles is 1. The smallest absolute Gasteiger partial charge is 0.225 e. The van der Waals surface area contributed by atoms with Crippen molar-refractivity contribution in [1.82, 2.24) is 9.88 Å². The summed E-state index contributed by atoms with van der Waals surface area (Å²) < 4.78 is 10.8. The van der Waals surface area contributed by atoms with E-state index in [4.69, 9.17) is 14.5 Å². The van der Waals surface area contributed by atoms with Crippen LogP contribution in [0.4, 0.5) is 5.82 Å². The summed E-state index contributed by atoms with van der Waals surface area (Å²) in [5, 5.41) is 10.2. The van der Waals surface area contributed by atoms with Gasteiger partial charge in [0.2, 0.25) is 5.91 Å². The second-order valence-electron chi connectivity index (χ2n) is 9.58. The number of rotatable bonds is 9. The molecule has 0 spiro atoms. The molecule has 2 fully saturated rings. The second kappa shape index (κ2) is 11.1. The number of methoxy groups -OCH3 is 1. The number of aromatic nitrogens is 1. The second-order valence-corrected chi connectivity index (χ2v) is 9.58. The number of pyridine rings is 1. The van der Waals surface area contributed by atoms with Gasteiger partial charge in [-0.05, 0) is 56.4 Å². The zero-order chi connectivity index (χ0) is 24.9. The highest BCUT2D eigenvalue weighted by Gasteiger charge is 2.34. The Morgan fingerprint density at radius 2 is 1.94 bits per heavy atom. The minimum Gasteiger partial charge on any atom is -0.494 e. The van der Waals surface area contributed by atoms with Crippen LogP contribution >= 0.6 is 0 Å². The van der Waals surface area contributed by atoms with E-state index in [1.54, 1.807) is 7.11 Å². The molecular formula is C28H36N4O3. The minimum absolute atomic E-state index is 0.0430. The van der Waals surface area contributed by atoms with Crippen molar-refractivity contribution in [1.29, 1.82) is 5.26 Å². The van der Waals surface area contributed by atoms with Crippen molar-refractivity contribution in [2.75, 3.05) is 44.9 Å². The topological polar surface area (TPSA) is 78.7 Å². The van der Waals surface area contributed by atoms with Crippen molar-refractivity contribution in [3.8, 4) is 22.9 Å². The molecule has 4 rings (SSSR count). The van der Waals surface area contributed by atoms with Gasteiger partial charge in [-0.1, -0.05) is 19.1 Å². The van der Waals surface area contributed by atoms with E-state index in [0.29, 0.717) is 50.8 Å². The van der Waals surface area contributed by atoms with Gasteiger partial charge in [0.05, 0.1) is 30.9 Å². The maximum absolute atomic E-state index is 12.6. The van der Waals surface area contributed by atoms with E-state index in [-0.39, 0.29) is 11.9 Å². The van der Waals surface area contributed by atoms with E-state index >= 15 is 0 Å². The summed E-state index contributed by atoms with van der Waals surface area (Å²) in [6.45, 7) is 9.27. The Balaban J connectivity index is 1.64. The number of carbonyl (C=O) groups excluding carboxylic acids is 1. The Morgan fingerprint density at radius 3 is 2.54 bits per heavy atom. The number of piperazine rings is 1. The molecule has 0 N–H and O–H groups in total. The molecule has 7 heteroatoms. The van der Waals surface area contributed by atoms with Crippen LogP contribution in [-0.4, -0.2) is 61.8 Å². The van der Waals surface area contributed by atoms with Crippen molar-refractivity contribution in [3.63, 3.8) is 0 Å². The molecule has 1 aromatic heterocycles. The lowest BCUT2D eigenvalue weighted by Crippen LogP contribution is -2.54. The fraction of sp³-hybridized carbons (Fsp3) is 0.536. The first-order valence-corrected chi connectivity index (χ1v) is 12.7. The number of hydrogen-bond donors (Lipinski definition) is 0. The molecule has 1 aliphatic heterocycles. The van der Waals surface area contributed by atoms with E-state index in [2.05, 4.69) is 36.9 Å². The predicted molar refractivity (Wildman–Crippen MR) is 137 cm³/mol. The SMILES string of the molecule is CCCOc1ccc(-c2c(C3CC3)nc(N3CCN(C(=O)CCOC)C(C)C3)c(C#N)c2C)cc1. The normalized spacial score (nSPS) is 17.9. The molecule has 35 heavy (non-hydrogen) atoms. The van der Waals surface area contributed by atoms with Crippen molar-refractivity contribution in [3.05, 3.63) is 41.1 Å². The lowest BCUT2D eigenvalue weighted by atomic mass is 9.93. The number of hydrogen-bond acceptors (Lipinski definition) is 6. The van der Waals surface area contributed by atoms with Crippen molar-refractivity contribution in [2.24, 2.45) is 0 Å². The third kappa shape index (κ3) is 5.43. The van der Waals surface area contributed by atoms with E-state index in [9.17, 15) is 10.1 Å². The average molecular weight is 477 g/mol. The third-order valence-corrected chi connectivity index (χ3v) is 6.92. The van der Waals surface area contributed by atoms with E-state index < -0.39 is 0 Å². The maximum Gasteiger partial charge on any atom is 0.225 e. The molecule has 2 heterocycles. The largest absolute Gasteiger partial charge is 0.494 e. The number of ether oxygens (including phenoxy) is 2. The predicted octanol–water partition coefficient (Wildman–Crippen LogP) is 4.67. The van der Waals surface area contributed by atoms with E-state index in [0.717, 1.165) is 53.2 Å². The number of benzene rings is 1. The Morgan fingerprint density at radius 1 is 1.20 bits per heavy atom. The fourth-order valence-corrected chi connectivity index (χ4v) is 4.88. The standard InChI is InChI=1S/C28H36N4O3/c1-5-15-35-23-10-8-21(9-11-23)26-20(3)24(17-29)28(30-27(26)22-6-7-22)31-13-14-32(19(2)18-31)25(33)12-16-34-4/h8-11,19,22H,5-7,12-16,18H2,1-4H3. The van der Waals surface area contributed by atoms with Crippen LogP contribution in [0.2, 0.25) is 0 Å². The molecule has 1 atom stereocenters. The van der Waals surface area contributed by atoms with Gasteiger partial charge < -0.3 is 19.3 Å². The molecule has 2 aliphatic rings. The van der Waals surface area contributed by atoms with Crippen molar-refractivity contribution < 1.29 is 14.3 Å². The van der Waals surface area contributed by atoms with Crippen molar-refractivity contribution in [2.45, 2.75) is 58.4 Å². The molecule has 1 saturated heterocycles. The summed E-state index contributed by atoms with van der Waals surface area (Å²) in [7, 11) is 1.61. The fourth-order valence-electron chi connectivity index (χ4n) is 4.88. The molecule has 0 radical (unpaired) electrons. The molecule has 2 aromatic rings. The van der Waals surface area contributed by atoms with Crippen molar-refractivity contribution >= 4 is 11.7 Å². The zero-order valence-corrected chi connectivity index (χ0v) is 21.3. The van der Waals surface area contributed by atoms with Gasteiger partial charge in [-0.2, -0.15) is 5.26 Å². The number of nitrogens with zero attached hydrogens (tertiary/aromatic N) is 4.